The Morgan fingerprint density at radius 3 is 2.52 bits per heavy atom. The topological polar surface area (TPSA) is 49.4 Å². The Bertz CT molecular complexity index is 684. The number of hydrogen-bond acceptors (Lipinski definition) is 2. The van der Waals surface area contributed by atoms with Crippen LogP contribution in [0, 0.1) is 23.0 Å². The number of benzene rings is 1. The van der Waals surface area contributed by atoms with E-state index in [1.165, 1.54) is 6.07 Å². The number of carbonyl (C=O) groups is 2. The van der Waals surface area contributed by atoms with Gasteiger partial charge in [-0.1, -0.05) is 12.8 Å². The van der Waals surface area contributed by atoms with Crippen LogP contribution >= 0.6 is 0 Å². The van der Waals surface area contributed by atoms with Gasteiger partial charge < -0.3 is 10.2 Å². The Morgan fingerprint density at radius 1 is 1.24 bits per heavy atom. The number of hydrogen-bond donors (Lipinski definition) is 1. The third kappa shape index (κ3) is 3.39. The zero-order valence-corrected chi connectivity index (χ0v) is 14.6. The highest BCUT2D eigenvalue weighted by molar-refractivity contribution is 5.95. The SMILES string of the molecule is CC(C)NC(=O)C1CN(C(=O)c2ccc(F)cc2F)CC12CCCC2. The molecule has 3 rings (SSSR count). The summed E-state index contributed by atoms with van der Waals surface area (Å²) in [5, 5.41) is 2.95. The standard InChI is InChI=1S/C19H24F2N2O2/c1-12(2)22-17(24)15-10-23(11-19(15)7-3-4-8-19)18(25)14-6-5-13(20)9-16(14)21/h5-6,9,12,15H,3-4,7-8,10-11H2,1-2H3,(H,22,24). The van der Waals surface area contributed by atoms with Gasteiger partial charge in [0.1, 0.15) is 11.6 Å². The molecule has 1 heterocycles. The van der Waals surface area contributed by atoms with Crippen LogP contribution in [0.15, 0.2) is 18.2 Å². The largest absolute Gasteiger partial charge is 0.354 e. The molecule has 1 aliphatic heterocycles. The van der Waals surface area contributed by atoms with Crippen LogP contribution in [0.2, 0.25) is 0 Å². The van der Waals surface area contributed by atoms with Crippen molar-refractivity contribution in [1.82, 2.24) is 10.2 Å². The number of rotatable bonds is 3. The number of carbonyl (C=O) groups excluding carboxylic acids is 2. The van der Waals surface area contributed by atoms with Gasteiger partial charge in [0.2, 0.25) is 5.91 Å². The number of likely N-dealkylation sites (tertiary alicyclic amines) is 1. The molecule has 0 radical (unpaired) electrons. The van der Waals surface area contributed by atoms with Crippen LogP contribution in [-0.2, 0) is 4.79 Å². The minimum atomic E-state index is -0.861. The average molecular weight is 350 g/mol. The number of amides is 2. The summed E-state index contributed by atoms with van der Waals surface area (Å²) in [6.45, 7) is 4.56. The van der Waals surface area contributed by atoms with Crippen LogP contribution in [0.5, 0.6) is 0 Å². The highest BCUT2D eigenvalue weighted by atomic mass is 19.1. The molecule has 1 saturated heterocycles. The van der Waals surface area contributed by atoms with Crippen molar-refractivity contribution >= 4 is 11.8 Å². The Labute approximate surface area is 146 Å². The van der Waals surface area contributed by atoms with Gasteiger partial charge in [-0.3, -0.25) is 9.59 Å². The van der Waals surface area contributed by atoms with Gasteiger partial charge in [0, 0.05) is 30.6 Å². The van der Waals surface area contributed by atoms with E-state index in [1.807, 2.05) is 13.8 Å². The molecular formula is C19H24F2N2O2. The van der Waals surface area contributed by atoms with Crippen molar-refractivity contribution in [3.8, 4) is 0 Å². The molecule has 25 heavy (non-hydrogen) atoms. The van der Waals surface area contributed by atoms with E-state index in [0.717, 1.165) is 37.8 Å². The fourth-order valence-corrected chi connectivity index (χ4v) is 4.29. The minimum Gasteiger partial charge on any atom is -0.354 e. The number of nitrogens with zero attached hydrogens (tertiary/aromatic N) is 1. The van der Waals surface area contributed by atoms with Gasteiger partial charge in [0.15, 0.2) is 0 Å². The molecule has 1 N–H and O–H groups in total. The normalized spacial score (nSPS) is 22.0. The molecule has 1 aromatic carbocycles. The lowest BCUT2D eigenvalue weighted by molar-refractivity contribution is -0.128. The first-order chi connectivity index (χ1) is 11.8. The van der Waals surface area contributed by atoms with E-state index >= 15 is 0 Å². The van der Waals surface area contributed by atoms with Crippen molar-refractivity contribution in [1.29, 1.82) is 0 Å². The summed E-state index contributed by atoms with van der Waals surface area (Å²) in [6.07, 6.45) is 3.88. The Morgan fingerprint density at radius 2 is 1.92 bits per heavy atom. The van der Waals surface area contributed by atoms with Crippen molar-refractivity contribution in [3.05, 3.63) is 35.4 Å². The minimum absolute atomic E-state index is 0.0326. The highest BCUT2D eigenvalue weighted by Crippen LogP contribution is 2.49. The molecule has 0 bridgehead atoms. The average Bonchev–Trinajstić information content (AvgIpc) is 3.14. The second-order valence-electron chi connectivity index (χ2n) is 7.60. The van der Waals surface area contributed by atoms with Gasteiger partial charge >= 0.3 is 0 Å². The molecule has 1 aromatic rings. The fraction of sp³-hybridized carbons (Fsp3) is 0.579. The zero-order chi connectivity index (χ0) is 18.2. The highest BCUT2D eigenvalue weighted by Gasteiger charge is 2.52. The molecule has 0 aromatic heterocycles. The third-order valence-corrected chi connectivity index (χ3v) is 5.44. The predicted octanol–water partition coefficient (Wildman–Crippen LogP) is 3.12. The Kier molecular flexibility index (Phi) is 4.80. The first-order valence-corrected chi connectivity index (χ1v) is 8.87. The zero-order valence-electron chi connectivity index (χ0n) is 14.6. The summed E-state index contributed by atoms with van der Waals surface area (Å²) in [4.78, 5) is 27.0. The van der Waals surface area contributed by atoms with Crippen molar-refractivity contribution in [2.75, 3.05) is 13.1 Å². The number of halogens is 2. The van der Waals surface area contributed by atoms with E-state index in [0.29, 0.717) is 6.54 Å². The van der Waals surface area contributed by atoms with E-state index < -0.39 is 17.5 Å². The molecule has 6 heteroatoms. The molecule has 1 saturated carbocycles. The van der Waals surface area contributed by atoms with E-state index in [9.17, 15) is 18.4 Å². The van der Waals surface area contributed by atoms with Crippen LogP contribution in [0.3, 0.4) is 0 Å². The molecule has 2 amide bonds. The van der Waals surface area contributed by atoms with E-state index in [2.05, 4.69) is 5.32 Å². The van der Waals surface area contributed by atoms with Gasteiger partial charge in [-0.15, -0.1) is 0 Å². The number of nitrogens with one attached hydrogen (secondary N) is 1. The van der Waals surface area contributed by atoms with Crippen LogP contribution in [0.4, 0.5) is 8.78 Å². The predicted molar refractivity (Wildman–Crippen MR) is 89.9 cm³/mol. The molecule has 1 unspecified atom stereocenters. The molecular weight excluding hydrogens is 326 g/mol. The second-order valence-corrected chi connectivity index (χ2v) is 7.60. The molecule has 1 spiro atoms. The van der Waals surface area contributed by atoms with Crippen molar-refractivity contribution in [2.45, 2.75) is 45.6 Å². The first kappa shape index (κ1) is 17.8. The van der Waals surface area contributed by atoms with Crippen LogP contribution in [0.25, 0.3) is 0 Å². The lowest BCUT2D eigenvalue weighted by Gasteiger charge is -2.29. The van der Waals surface area contributed by atoms with Crippen molar-refractivity contribution in [2.24, 2.45) is 11.3 Å². The maximum Gasteiger partial charge on any atom is 0.256 e. The third-order valence-electron chi connectivity index (χ3n) is 5.44. The Balaban J connectivity index is 1.84. The second kappa shape index (κ2) is 6.73. The van der Waals surface area contributed by atoms with Crippen molar-refractivity contribution < 1.29 is 18.4 Å². The van der Waals surface area contributed by atoms with Gasteiger partial charge in [0.25, 0.3) is 5.91 Å². The summed E-state index contributed by atoms with van der Waals surface area (Å²) in [5.41, 5.74) is -0.357. The molecule has 4 nitrogen and oxygen atoms in total. The molecule has 2 fully saturated rings. The molecule has 2 aliphatic rings. The van der Waals surface area contributed by atoms with E-state index in [4.69, 9.17) is 0 Å². The van der Waals surface area contributed by atoms with Crippen molar-refractivity contribution in [3.63, 3.8) is 0 Å². The molecule has 1 aliphatic carbocycles. The molecule has 136 valence electrons. The quantitative estimate of drug-likeness (QED) is 0.911. The lowest BCUT2D eigenvalue weighted by atomic mass is 9.76. The molecule has 1 atom stereocenters. The smallest absolute Gasteiger partial charge is 0.256 e. The summed E-state index contributed by atoms with van der Waals surface area (Å²) < 4.78 is 27.1. The lowest BCUT2D eigenvalue weighted by Crippen LogP contribution is -2.42. The Hall–Kier alpha value is -1.98. The summed E-state index contributed by atoms with van der Waals surface area (Å²) in [5.74, 6) is -2.35. The van der Waals surface area contributed by atoms with E-state index in [1.54, 1.807) is 4.90 Å². The van der Waals surface area contributed by atoms with Gasteiger partial charge in [0.05, 0.1) is 11.5 Å². The van der Waals surface area contributed by atoms with Gasteiger partial charge in [-0.2, -0.15) is 0 Å². The summed E-state index contributed by atoms with van der Waals surface area (Å²) >= 11 is 0. The van der Waals surface area contributed by atoms with Crippen LogP contribution in [-0.4, -0.2) is 35.8 Å². The van der Waals surface area contributed by atoms with Gasteiger partial charge in [-0.25, -0.2) is 8.78 Å². The van der Waals surface area contributed by atoms with Crippen LogP contribution < -0.4 is 5.32 Å². The monoisotopic (exact) mass is 350 g/mol. The fourth-order valence-electron chi connectivity index (χ4n) is 4.29. The summed E-state index contributed by atoms with van der Waals surface area (Å²) in [6, 6.07) is 3.01. The maximum absolute atomic E-state index is 14.0. The van der Waals surface area contributed by atoms with Crippen LogP contribution in [0.1, 0.15) is 49.9 Å². The maximum atomic E-state index is 14.0. The first-order valence-electron chi connectivity index (χ1n) is 8.87. The summed E-state index contributed by atoms with van der Waals surface area (Å²) in [7, 11) is 0. The van der Waals surface area contributed by atoms with Gasteiger partial charge in [-0.05, 0) is 38.8 Å². The van der Waals surface area contributed by atoms with E-state index in [-0.39, 0.29) is 35.4 Å².